The van der Waals surface area contributed by atoms with E-state index in [-0.39, 0.29) is 5.41 Å². The molecule has 0 spiro atoms. The van der Waals surface area contributed by atoms with Gasteiger partial charge in [0.1, 0.15) is 0 Å². The van der Waals surface area contributed by atoms with E-state index in [1.54, 1.807) is 14.2 Å². The first-order valence-electron chi connectivity index (χ1n) is 6.18. The van der Waals surface area contributed by atoms with Crippen molar-refractivity contribution in [2.45, 2.75) is 12.3 Å². The Kier molecular flexibility index (Phi) is 3.78. The van der Waals surface area contributed by atoms with E-state index in [2.05, 4.69) is 13.0 Å². The largest absolute Gasteiger partial charge is 0.493 e. The van der Waals surface area contributed by atoms with Crippen LogP contribution in [0.1, 0.15) is 12.5 Å². The highest BCUT2D eigenvalue weighted by atomic mass is 16.5. The summed E-state index contributed by atoms with van der Waals surface area (Å²) in [5, 5.41) is 0. The first-order chi connectivity index (χ1) is 8.67. The molecule has 1 atom stereocenters. The second-order valence-corrected chi connectivity index (χ2v) is 4.86. The Labute approximate surface area is 108 Å². The molecule has 100 valence electrons. The molecule has 1 unspecified atom stereocenters. The maximum absolute atomic E-state index is 5.82. The molecule has 0 bridgehead atoms. The number of hydrogen-bond acceptors (Lipinski definition) is 4. The van der Waals surface area contributed by atoms with Gasteiger partial charge in [0.05, 0.1) is 27.4 Å². The molecule has 0 aliphatic carbocycles. The van der Waals surface area contributed by atoms with Crippen molar-refractivity contribution in [1.29, 1.82) is 0 Å². The highest BCUT2D eigenvalue weighted by Gasteiger charge is 2.44. The van der Waals surface area contributed by atoms with Crippen LogP contribution in [0.25, 0.3) is 0 Å². The van der Waals surface area contributed by atoms with Gasteiger partial charge < -0.3 is 19.9 Å². The molecule has 1 fully saturated rings. The summed E-state index contributed by atoms with van der Waals surface area (Å²) >= 11 is 0. The molecule has 0 saturated carbocycles. The van der Waals surface area contributed by atoms with E-state index in [0.29, 0.717) is 12.5 Å². The van der Waals surface area contributed by atoms with Crippen molar-refractivity contribution in [2.24, 2.45) is 11.7 Å². The molecule has 0 aromatic heterocycles. The van der Waals surface area contributed by atoms with E-state index in [1.165, 1.54) is 5.56 Å². The number of benzene rings is 1. The quantitative estimate of drug-likeness (QED) is 0.863. The summed E-state index contributed by atoms with van der Waals surface area (Å²) < 4.78 is 16.0. The predicted octanol–water partition coefficient (Wildman–Crippen LogP) is 1.57. The van der Waals surface area contributed by atoms with Crippen LogP contribution in [0.3, 0.4) is 0 Å². The number of ether oxygens (including phenoxy) is 3. The molecule has 1 saturated heterocycles. The third-order valence-electron chi connectivity index (χ3n) is 3.97. The van der Waals surface area contributed by atoms with Crippen molar-refractivity contribution in [2.75, 3.05) is 34.0 Å². The summed E-state index contributed by atoms with van der Waals surface area (Å²) in [6.45, 7) is 4.26. The van der Waals surface area contributed by atoms with Gasteiger partial charge in [-0.05, 0) is 30.2 Å². The van der Waals surface area contributed by atoms with Crippen molar-refractivity contribution in [3.63, 3.8) is 0 Å². The number of methoxy groups -OCH3 is 2. The molecule has 4 heteroatoms. The molecule has 1 aliphatic rings. The van der Waals surface area contributed by atoms with Gasteiger partial charge in [-0.1, -0.05) is 13.0 Å². The zero-order valence-corrected chi connectivity index (χ0v) is 11.2. The van der Waals surface area contributed by atoms with Crippen molar-refractivity contribution in [1.82, 2.24) is 0 Å². The molecule has 1 aliphatic heterocycles. The number of hydrogen-bond donors (Lipinski definition) is 1. The van der Waals surface area contributed by atoms with Crippen LogP contribution in [0, 0.1) is 5.92 Å². The molecule has 0 radical (unpaired) electrons. The lowest BCUT2D eigenvalue weighted by Gasteiger charge is -2.46. The predicted molar refractivity (Wildman–Crippen MR) is 70.3 cm³/mol. The Morgan fingerprint density at radius 2 is 1.94 bits per heavy atom. The molecular formula is C14H21NO3. The first-order valence-corrected chi connectivity index (χ1v) is 6.18. The van der Waals surface area contributed by atoms with Crippen LogP contribution in [0.5, 0.6) is 11.5 Å². The lowest BCUT2D eigenvalue weighted by atomic mass is 9.69. The molecular weight excluding hydrogens is 230 g/mol. The molecule has 2 N–H and O–H groups in total. The van der Waals surface area contributed by atoms with Crippen LogP contribution in [-0.4, -0.2) is 34.0 Å². The third kappa shape index (κ3) is 1.95. The normalized spacial score (nSPS) is 18.9. The average Bonchev–Trinajstić information content (AvgIpc) is 2.36. The molecule has 1 heterocycles. The number of rotatable bonds is 5. The second-order valence-electron chi connectivity index (χ2n) is 4.86. The van der Waals surface area contributed by atoms with Crippen LogP contribution in [-0.2, 0) is 10.2 Å². The lowest BCUT2D eigenvalue weighted by Crippen LogP contribution is -2.53. The summed E-state index contributed by atoms with van der Waals surface area (Å²) in [5.74, 6) is 1.88. The molecule has 1 aromatic carbocycles. The van der Waals surface area contributed by atoms with Gasteiger partial charge in [0.15, 0.2) is 11.5 Å². The minimum Gasteiger partial charge on any atom is -0.493 e. The Hall–Kier alpha value is -1.26. The van der Waals surface area contributed by atoms with E-state index >= 15 is 0 Å². The van der Waals surface area contributed by atoms with Crippen molar-refractivity contribution in [3.8, 4) is 11.5 Å². The Bertz CT molecular complexity index is 416. The SMILES string of the molecule is COc1ccc(C2(C(C)CN)COC2)cc1OC. The maximum atomic E-state index is 5.82. The van der Waals surface area contributed by atoms with Crippen molar-refractivity contribution in [3.05, 3.63) is 23.8 Å². The standard InChI is InChI=1S/C14H21NO3/c1-10(7-15)14(8-18-9-14)11-4-5-12(16-2)13(6-11)17-3/h4-6,10H,7-9,15H2,1-3H3. The van der Waals surface area contributed by atoms with Crippen LogP contribution in [0.15, 0.2) is 18.2 Å². The molecule has 1 aromatic rings. The monoisotopic (exact) mass is 251 g/mol. The van der Waals surface area contributed by atoms with Gasteiger partial charge in [-0.25, -0.2) is 0 Å². The average molecular weight is 251 g/mol. The van der Waals surface area contributed by atoms with Crippen LogP contribution in [0.2, 0.25) is 0 Å². The summed E-state index contributed by atoms with van der Waals surface area (Å²) in [5.41, 5.74) is 7.05. The topological polar surface area (TPSA) is 53.7 Å². The Balaban J connectivity index is 2.37. The fraction of sp³-hybridized carbons (Fsp3) is 0.571. The summed E-state index contributed by atoms with van der Waals surface area (Å²) in [6, 6.07) is 6.06. The maximum Gasteiger partial charge on any atom is 0.161 e. The zero-order chi connectivity index (χ0) is 13.2. The third-order valence-corrected chi connectivity index (χ3v) is 3.97. The highest BCUT2D eigenvalue weighted by Crippen LogP contribution is 2.42. The van der Waals surface area contributed by atoms with Gasteiger partial charge in [0, 0.05) is 5.41 Å². The minimum absolute atomic E-state index is 0.0221. The summed E-state index contributed by atoms with van der Waals surface area (Å²) in [6.07, 6.45) is 0. The second kappa shape index (κ2) is 5.16. The van der Waals surface area contributed by atoms with E-state index in [0.717, 1.165) is 24.7 Å². The van der Waals surface area contributed by atoms with Gasteiger partial charge >= 0.3 is 0 Å². The zero-order valence-electron chi connectivity index (χ0n) is 11.2. The van der Waals surface area contributed by atoms with Gasteiger partial charge in [-0.15, -0.1) is 0 Å². The van der Waals surface area contributed by atoms with Crippen molar-refractivity contribution >= 4 is 0 Å². The first kappa shape index (κ1) is 13.2. The van der Waals surface area contributed by atoms with Crippen LogP contribution in [0.4, 0.5) is 0 Å². The van der Waals surface area contributed by atoms with Gasteiger partial charge in [0.2, 0.25) is 0 Å². The summed E-state index contributed by atoms with van der Waals surface area (Å²) in [7, 11) is 3.29. The van der Waals surface area contributed by atoms with E-state index < -0.39 is 0 Å². The van der Waals surface area contributed by atoms with E-state index in [4.69, 9.17) is 19.9 Å². The lowest BCUT2D eigenvalue weighted by molar-refractivity contribution is -0.0854. The molecule has 2 rings (SSSR count). The summed E-state index contributed by atoms with van der Waals surface area (Å²) in [4.78, 5) is 0. The molecule has 0 amide bonds. The van der Waals surface area contributed by atoms with Gasteiger partial charge in [0.25, 0.3) is 0 Å². The molecule has 18 heavy (non-hydrogen) atoms. The fourth-order valence-corrected chi connectivity index (χ4v) is 2.43. The van der Waals surface area contributed by atoms with E-state index in [9.17, 15) is 0 Å². The minimum atomic E-state index is 0.0221. The fourth-order valence-electron chi connectivity index (χ4n) is 2.43. The van der Waals surface area contributed by atoms with Gasteiger partial charge in [-0.3, -0.25) is 0 Å². The Morgan fingerprint density at radius 3 is 2.39 bits per heavy atom. The van der Waals surface area contributed by atoms with Crippen LogP contribution >= 0.6 is 0 Å². The number of nitrogens with two attached hydrogens (primary N) is 1. The Morgan fingerprint density at radius 1 is 1.28 bits per heavy atom. The highest BCUT2D eigenvalue weighted by molar-refractivity contribution is 5.46. The smallest absolute Gasteiger partial charge is 0.161 e. The van der Waals surface area contributed by atoms with E-state index in [1.807, 2.05) is 12.1 Å². The van der Waals surface area contributed by atoms with Crippen molar-refractivity contribution < 1.29 is 14.2 Å². The van der Waals surface area contributed by atoms with Gasteiger partial charge in [-0.2, -0.15) is 0 Å². The van der Waals surface area contributed by atoms with Crippen LogP contribution < -0.4 is 15.2 Å². The molecule has 4 nitrogen and oxygen atoms in total.